The molecule has 2 N–H and O–H groups in total. The summed E-state index contributed by atoms with van der Waals surface area (Å²) in [4.78, 5) is 22.1. The summed E-state index contributed by atoms with van der Waals surface area (Å²) in [6.45, 7) is 0. The molecule has 0 spiro atoms. The normalized spacial score (nSPS) is 9.68. The predicted molar refractivity (Wildman–Crippen MR) is 75.3 cm³/mol. The van der Waals surface area contributed by atoms with Crippen molar-refractivity contribution in [2.24, 2.45) is 0 Å². The molecule has 2 aromatic carbocycles. The van der Waals surface area contributed by atoms with Crippen molar-refractivity contribution >= 4 is 23.7 Å². The Morgan fingerprint density at radius 1 is 0.895 bits per heavy atom. The Balaban J connectivity index is 1.93. The van der Waals surface area contributed by atoms with Crippen LogP contribution in [-0.2, 0) is 11.2 Å². The van der Waals surface area contributed by atoms with E-state index >= 15 is 0 Å². The second-order valence-corrected chi connectivity index (χ2v) is 4.01. The minimum atomic E-state index is -0.297. The number of para-hydroxylation sites is 1. The monoisotopic (exact) mass is 254 g/mol. The van der Waals surface area contributed by atoms with Crippen molar-refractivity contribution in [2.75, 3.05) is 10.6 Å². The van der Waals surface area contributed by atoms with Crippen LogP contribution in [0.4, 0.5) is 16.2 Å². The predicted octanol–water partition coefficient (Wildman–Crippen LogP) is 3.07. The molecular weight excluding hydrogens is 240 g/mol. The van der Waals surface area contributed by atoms with Crippen LogP contribution in [0.3, 0.4) is 0 Å². The summed E-state index contributed by atoms with van der Waals surface area (Å²) in [5.74, 6) is 0. The van der Waals surface area contributed by atoms with E-state index < -0.39 is 0 Å². The lowest BCUT2D eigenvalue weighted by Crippen LogP contribution is -2.19. The first-order valence-electron chi connectivity index (χ1n) is 5.93. The number of hydrogen-bond donors (Lipinski definition) is 2. The molecule has 0 unspecified atom stereocenters. The van der Waals surface area contributed by atoms with Gasteiger partial charge in [0.1, 0.15) is 6.29 Å². The first kappa shape index (κ1) is 12.8. The lowest BCUT2D eigenvalue weighted by Gasteiger charge is -2.07. The van der Waals surface area contributed by atoms with Gasteiger partial charge in [0.2, 0.25) is 0 Å². The van der Waals surface area contributed by atoms with Crippen LogP contribution in [0.1, 0.15) is 5.56 Å². The Kier molecular flexibility index (Phi) is 4.29. The van der Waals surface area contributed by atoms with Crippen molar-refractivity contribution in [3.8, 4) is 0 Å². The first-order chi connectivity index (χ1) is 9.28. The van der Waals surface area contributed by atoms with Gasteiger partial charge < -0.3 is 15.4 Å². The van der Waals surface area contributed by atoms with Gasteiger partial charge in [-0.3, -0.25) is 0 Å². The zero-order valence-electron chi connectivity index (χ0n) is 10.3. The Bertz CT molecular complexity index is 550. The summed E-state index contributed by atoms with van der Waals surface area (Å²) >= 11 is 0. The molecule has 0 aliphatic rings. The summed E-state index contributed by atoms with van der Waals surface area (Å²) in [7, 11) is 0. The van der Waals surface area contributed by atoms with Crippen LogP contribution in [0, 0.1) is 0 Å². The van der Waals surface area contributed by atoms with Gasteiger partial charge in [-0.2, -0.15) is 0 Å². The van der Waals surface area contributed by atoms with E-state index in [4.69, 9.17) is 0 Å². The highest BCUT2D eigenvalue weighted by molar-refractivity contribution is 5.99. The zero-order valence-corrected chi connectivity index (χ0v) is 10.3. The van der Waals surface area contributed by atoms with E-state index in [1.54, 1.807) is 12.1 Å². The number of carbonyl (C=O) groups excluding carboxylic acids is 2. The number of anilines is 2. The molecule has 2 amide bonds. The van der Waals surface area contributed by atoms with Gasteiger partial charge >= 0.3 is 6.03 Å². The zero-order chi connectivity index (χ0) is 13.5. The van der Waals surface area contributed by atoms with Gasteiger partial charge in [0.25, 0.3) is 0 Å². The van der Waals surface area contributed by atoms with Crippen LogP contribution in [0.5, 0.6) is 0 Å². The van der Waals surface area contributed by atoms with Gasteiger partial charge in [0.05, 0.1) is 0 Å². The summed E-state index contributed by atoms with van der Waals surface area (Å²) < 4.78 is 0. The quantitative estimate of drug-likeness (QED) is 0.824. The maximum atomic E-state index is 11.7. The Hall–Kier alpha value is -2.62. The van der Waals surface area contributed by atoms with Crippen molar-refractivity contribution in [3.63, 3.8) is 0 Å². The highest BCUT2D eigenvalue weighted by Gasteiger charge is 2.02. The maximum Gasteiger partial charge on any atom is 0.323 e. The van der Waals surface area contributed by atoms with Crippen LogP contribution in [0.2, 0.25) is 0 Å². The molecule has 0 heterocycles. The second-order valence-electron chi connectivity index (χ2n) is 4.01. The molecule has 0 radical (unpaired) electrons. The number of benzene rings is 2. The van der Waals surface area contributed by atoms with E-state index in [0.29, 0.717) is 12.1 Å². The summed E-state index contributed by atoms with van der Waals surface area (Å²) in [6, 6.07) is 16.1. The van der Waals surface area contributed by atoms with E-state index in [-0.39, 0.29) is 6.03 Å². The number of hydrogen-bond acceptors (Lipinski definition) is 2. The molecule has 4 nitrogen and oxygen atoms in total. The molecule has 0 fully saturated rings. The Labute approximate surface area is 111 Å². The van der Waals surface area contributed by atoms with E-state index in [2.05, 4.69) is 10.6 Å². The van der Waals surface area contributed by atoms with Crippen LogP contribution >= 0.6 is 0 Å². The fourth-order valence-corrected chi connectivity index (χ4v) is 1.64. The molecule has 0 saturated heterocycles. The smallest absolute Gasteiger partial charge is 0.308 e. The molecule has 0 aliphatic carbocycles. The maximum absolute atomic E-state index is 11.7. The minimum absolute atomic E-state index is 0.297. The molecule has 2 rings (SSSR count). The van der Waals surface area contributed by atoms with E-state index in [1.165, 1.54) is 0 Å². The molecule has 19 heavy (non-hydrogen) atoms. The van der Waals surface area contributed by atoms with Crippen molar-refractivity contribution in [2.45, 2.75) is 6.42 Å². The van der Waals surface area contributed by atoms with Gasteiger partial charge in [-0.1, -0.05) is 30.3 Å². The lowest BCUT2D eigenvalue weighted by molar-refractivity contribution is -0.107. The summed E-state index contributed by atoms with van der Waals surface area (Å²) in [5.41, 5.74) is 2.34. The standard InChI is InChI=1S/C15H14N2O2/c18-11-10-12-6-8-14(9-7-12)17-15(19)16-13-4-2-1-3-5-13/h1-9,11H,10H2,(H2,16,17,19). The highest BCUT2D eigenvalue weighted by atomic mass is 16.2. The Morgan fingerprint density at radius 2 is 1.47 bits per heavy atom. The van der Waals surface area contributed by atoms with Gasteiger partial charge in [-0.05, 0) is 29.8 Å². The molecular formula is C15H14N2O2. The van der Waals surface area contributed by atoms with Crippen LogP contribution in [0.15, 0.2) is 54.6 Å². The number of carbonyl (C=O) groups is 2. The molecule has 0 atom stereocenters. The SMILES string of the molecule is O=CCc1ccc(NC(=O)Nc2ccccc2)cc1. The largest absolute Gasteiger partial charge is 0.323 e. The lowest BCUT2D eigenvalue weighted by atomic mass is 10.1. The van der Waals surface area contributed by atoms with Crippen molar-refractivity contribution < 1.29 is 9.59 Å². The van der Waals surface area contributed by atoms with Crippen LogP contribution in [-0.4, -0.2) is 12.3 Å². The molecule has 96 valence electrons. The van der Waals surface area contributed by atoms with Crippen LogP contribution in [0.25, 0.3) is 0 Å². The number of amides is 2. The van der Waals surface area contributed by atoms with Gasteiger partial charge in [0, 0.05) is 17.8 Å². The van der Waals surface area contributed by atoms with Gasteiger partial charge in [0.15, 0.2) is 0 Å². The van der Waals surface area contributed by atoms with Gasteiger partial charge in [-0.15, -0.1) is 0 Å². The molecule has 4 heteroatoms. The number of rotatable bonds is 4. The van der Waals surface area contributed by atoms with E-state index in [0.717, 1.165) is 17.5 Å². The average Bonchev–Trinajstić information content (AvgIpc) is 2.42. The van der Waals surface area contributed by atoms with Crippen molar-refractivity contribution in [1.82, 2.24) is 0 Å². The molecule has 0 aromatic heterocycles. The number of aldehydes is 1. The molecule has 0 saturated carbocycles. The van der Waals surface area contributed by atoms with Crippen LogP contribution < -0.4 is 10.6 Å². The third-order valence-corrected chi connectivity index (χ3v) is 2.56. The van der Waals surface area contributed by atoms with Crippen molar-refractivity contribution in [3.05, 3.63) is 60.2 Å². The molecule has 0 bridgehead atoms. The fraction of sp³-hybridized carbons (Fsp3) is 0.0667. The van der Waals surface area contributed by atoms with Crippen molar-refractivity contribution in [1.29, 1.82) is 0 Å². The third kappa shape index (κ3) is 3.96. The summed E-state index contributed by atoms with van der Waals surface area (Å²) in [6.07, 6.45) is 1.24. The summed E-state index contributed by atoms with van der Waals surface area (Å²) in [5, 5.41) is 5.45. The van der Waals surface area contributed by atoms with Gasteiger partial charge in [-0.25, -0.2) is 4.79 Å². The second kappa shape index (κ2) is 6.35. The number of nitrogens with one attached hydrogen (secondary N) is 2. The Morgan fingerprint density at radius 3 is 2.05 bits per heavy atom. The number of urea groups is 1. The fourth-order valence-electron chi connectivity index (χ4n) is 1.64. The average molecular weight is 254 g/mol. The van der Waals surface area contributed by atoms with E-state index in [9.17, 15) is 9.59 Å². The topological polar surface area (TPSA) is 58.2 Å². The molecule has 0 aliphatic heterocycles. The minimum Gasteiger partial charge on any atom is -0.308 e. The third-order valence-electron chi connectivity index (χ3n) is 2.56. The van der Waals surface area contributed by atoms with E-state index in [1.807, 2.05) is 42.5 Å². The highest BCUT2D eigenvalue weighted by Crippen LogP contribution is 2.11. The first-order valence-corrected chi connectivity index (χ1v) is 5.93. The molecule has 2 aromatic rings.